The van der Waals surface area contributed by atoms with E-state index in [0.717, 1.165) is 11.3 Å². The topological polar surface area (TPSA) is 80.8 Å². The van der Waals surface area contributed by atoms with Crippen molar-refractivity contribution in [2.75, 3.05) is 6.61 Å². The van der Waals surface area contributed by atoms with E-state index in [1.54, 1.807) is 23.9 Å². The first-order valence-corrected chi connectivity index (χ1v) is 8.04. The van der Waals surface area contributed by atoms with E-state index < -0.39 is 5.97 Å². The van der Waals surface area contributed by atoms with Crippen LogP contribution in [0.3, 0.4) is 0 Å². The second-order valence-corrected chi connectivity index (χ2v) is 5.46. The second-order valence-electron chi connectivity index (χ2n) is 5.02. The van der Waals surface area contributed by atoms with Crippen LogP contribution in [-0.4, -0.2) is 27.3 Å². The number of carbonyl (C=O) groups is 1. The third-order valence-electron chi connectivity index (χ3n) is 3.30. The molecule has 25 heavy (non-hydrogen) atoms. The number of hydrogen-bond donors (Lipinski definition) is 0. The lowest BCUT2D eigenvalue weighted by Crippen LogP contribution is -2.05. The van der Waals surface area contributed by atoms with Crippen molar-refractivity contribution in [2.24, 2.45) is 0 Å². The van der Waals surface area contributed by atoms with Crippen molar-refractivity contribution >= 4 is 23.6 Å². The normalized spacial score (nSPS) is 11.5. The van der Waals surface area contributed by atoms with E-state index in [2.05, 4.69) is 10.1 Å². The number of pyridine rings is 1. The predicted octanol–water partition coefficient (Wildman–Crippen LogP) is 3.64. The van der Waals surface area contributed by atoms with Crippen molar-refractivity contribution in [1.29, 1.82) is 5.26 Å². The Hall–Kier alpha value is -2.91. The largest absolute Gasteiger partial charge is 0.462 e. The number of allylic oxidation sites excluding steroid dienone is 3. The van der Waals surface area contributed by atoms with Gasteiger partial charge in [-0.3, -0.25) is 9.67 Å². The molecular formula is C18H17ClN4O2. The van der Waals surface area contributed by atoms with Gasteiger partial charge in [0.2, 0.25) is 0 Å². The van der Waals surface area contributed by atoms with E-state index in [1.165, 1.54) is 6.20 Å². The molecule has 0 aliphatic rings. The summed E-state index contributed by atoms with van der Waals surface area (Å²) in [6.45, 7) is 4.26. The Labute approximate surface area is 151 Å². The highest BCUT2D eigenvalue weighted by Gasteiger charge is 2.17. The number of carbonyl (C=O) groups excluding carboxylic acids is 1. The highest BCUT2D eigenvalue weighted by Crippen LogP contribution is 2.12. The predicted molar refractivity (Wildman–Crippen MR) is 94.9 cm³/mol. The van der Waals surface area contributed by atoms with Gasteiger partial charge < -0.3 is 4.74 Å². The maximum atomic E-state index is 11.9. The van der Waals surface area contributed by atoms with Gasteiger partial charge in [0, 0.05) is 12.4 Å². The van der Waals surface area contributed by atoms with Crippen LogP contribution in [0.1, 0.15) is 35.6 Å². The standard InChI is InChI=1S/C18H17ClN4O2/c1-3-13(5-7-15-8-6-14(19)10-21-15)11-23-12-16(17(9-20)22-23)18(24)25-4-2/h3,5-8,10,12H,4,11H2,1-2H3/b7-5-,13-3+. The maximum Gasteiger partial charge on any atom is 0.342 e. The van der Waals surface area contributed by atoms with E-state index in [9.17, 15) is 4.79 Å². The fourth-order valence-electron chi connectivity index (χ4n) is 2.05. The molecule has 0 atom stereocenters. The van der Waals surface area contributed by atoms with Crippen molar-refractivity contribution < 1.29 is 9.53 Å². The van der Waals surface area contributed by atoms with Crippen LogP contribution in [-0.2, 0) is 11.3 Å². The summed E-state index contributed by atoms with van der Waals surface area (Å²) in [5.74, 6) is -0.548. The number of hydrogen-bond acceptors (Lipinski definition) is 5. The molecule has 0 saturated heterocycles. The van der Waals surface area contributed by atoms with Gasteiger partial charge in [-0.2, -0.15) is 10.4 Å². The number of aromatic nitrogens is 3. The quantitative estimate of drug-likeness (QED) is 0.583. The molecule has 6 nitrogen and oxygen atoms in total. The van der Waals surface area contributed by atoms with Gasteiger partial charge in [-0.05, 0) is 37.6 Å². The Morgan fingerprint density at radius 1 is 1.48 bits per heavy atom. The molecule has 7 heteroatoms. The number of nitrogens with zero attached hydrogens (tertiary/aromatic N) is 4. The van der Waals surface area contributed by atoms with Crippen LogP contribution >= 0.6 is 11.6 Å². The molecule has 0 aliphatic carbocycles. The molecule has 0 saturated carbocycles. The highest BCUT2D eigenvalue weighted by molar-refractivity contribution is 6.30. The first kappa shape index (κ1) is 18.4. The second kappa shape index (κ2) is 8.81. The van der Waals surface area contributed by atoms with Gasteiger partial charge in [0.05, 0.1) is 23.9 Å². The third-order valence-corrected chi connectivity index (χ3v) is 3.52. The molecule has 2 aromatic heterocycles. The van der Waals surface area contributed by atoms with E-state index in [1.807, 2.05) is 37.3 Å². The molecule has 2 aromatic rings. The highest BCUT2D eigenvalue weighted by atomic mass is 35.5. The fourth-order valence-corrected chi connectivity index (χ4v) is 2.16. The lowest BCUT2D eigenvalue weighted by molar-refractivity contribution is 0.0526. The molecule has 0 aromatic carbocycles. The van der Waals surface area contributed by atoms with Gasteiger partial charge >= 0.3 is 5.97 Å². The van der Waals surface area contributed by atoms with Crippen LogP contribution in [0.4, 0.5) is 0 Å². The summed E-state index contributed by atoms with van der Waals surface area (Å²) in [6, 6.07) is 5.49. The SMILES string of the molecule is C/C=C(\C=C/c1ccc(Cl)cn1)Cn1cc(C(=O)OCC)c(C#N)n1. The summed E-state index contributed by atoms with van der Waals surface area (Å²) in [6.07, 6.45) is 8.77. The zero-order chi connectivity index (χ0) is 18.2. The zero-order valence-electron chi connectivity index (χ0n) is 13.9. The number of rotatable bonds is 6. The van der Waals surface area contributed by atoms with E-state index in [4.69, 9.17) is 21.6 Å². The van der Waals surface area contributed by atoms with Crippen LogP contribution < -0.4 is 0 Å². The Balaban J connectivity index is 2.15. The minimum absolute atomic E-state index is 0.0530. The Morgan fingerprint density at radius 3 is 2.88 bits per heavy atom. The molecule has 0 fully saturated rings. The maximum absolute atomic E-state index is 11.9. The Bertz CT molecular complexity index is 845. The molecule has 0 aliphatic heterocycles. The first-order chi connectivity index (χ1) is 12.1. The van der Waals surface area contributed by atoms with Gasteiger partial charge in [0.1, 0.15) is 11.6 Å². The van der Waals surface area contributed by atoms with Gasteiger partial charge in [-0.1, -0.05) is 23.8 Å². The van der Waals surface area contributed by atoms with Crippen LogP contribution in [0.2, 0.25) is 5.02 Å². The van der Waals surface area contributed by atoms with Gasteiger partial charge in [0.25, 0.3) is 0 Å². The van der Waals surface area contributed by atoms with Crippen LogP contribution in [0.15, 0.2) is 42.3 Å². The summed E-state index contributed by atoms with van der Waals surface area (Å²) in [4.78, 5) is 16.1. The summed E-state index contributed by atoms with van der Waals surface area (Å²) in [5.41, 5.74) is 1.94. The minimum atomic E-state index is -0.548. The minimum Gasteiger partial charge on any atom is -0.462 e. The summed E-state index contributed by atoms with van der Waals surface area (Å²) in [7, 11) is 0. The molecule has 0 unspecified atom stereocenters. The lowest BCUT2D eigenvalue weighted by Gasteiger charge is -2.02. The number of ether oxygens (including phenoxy) is 1. The summed E-state index contributed by atoms with van der Waals surface area (Å²) in [5, 5.41) is 13.8. The average Bonchev–Trinajstić information content (AvgIpc) is 3.03. The van der Waals surface area contributed by atoms with E-state index in [0.29, 0.717) is 11.6 Å². The zero-order valence-corrected chi connectivity index (χ0v) is 14.7. The number of nitriles is 1. The van der Waals surface area contributed by atoms with Crippen LogP contribution in [0.5, 0.6) is 0 Å². The summed E-state index contributed by atoms with van der Waals surface area (Å²) >= 11 is 5.81. The van der Waals surface area contributed by atoms with Crippen molar-refractivity contribution in [1.82, 2.24) is 14.8 Å². The van der Waals surface area contributed by atoms with Gasteiger partial charge in [0.15, 0.2) is 5.69 Å². The van der Waals surface area contributed by atoms with Gasteiger partial charge in [-0.15, -0.1) is 0 Å². The first-order valence-electron chi connectivity index (χ1n) is 7.66. The molecule has 2 rings (SSSR count). The fraction of sp³-hybridized carbons (Fsp3) is 0.222. The monoisotopic (exact) mass is 356 g/mol. The van der Waals surface area contributed by atoms with Gasteiger partial charge in [-0.25, -0.2) is 4.79 Å². The Morgan fingerprint density at radius 2 is 2.28 bits per heavy atom. The molecule has 0 bridgehead atoms. The molecule has 128 valence electrons. The molecule has 2 heterocycles. The summed E-state index contributed by atoms with van der Waals surface area (Å²) < 4.78 is 6.48. The molecule has 0 spiro atoms. The molecule has 0 N–H and O–H groups in total. The molecular weight excluding hydrogens is 340 g/mol. The number of esters is 1. The van der Waals surface area contributed by atoms with Crippen LogP contribution in [0, 0.1) is 11.3 Å². The smallest absolute Gasteiger partial charge is 0.342 e. The van der Waals surface area contributed by atoms with E-state index >= 15 is 0 Å². The molecule has 0 radical (unpaired) electrons. The Kier molecular flexibility index (Phi) is 6.49. The van der Waals surface area contributed by atoms with Crippen molar-refractivity contribution in [3.8, 4) is 6.07 Å². The molecule has 0 amide bonds. The van der Waals surface area contributed by atoms with Crippen LogP contribution in [0.25, 0.3) is 6.08 Å². The van der Waals surface area contributed by atoms with Crippen molar-refractivity contribution in [3.63, 3.8) is 0 Å². The van der Waals surface area contributed by atoms with Crippen molar-refractivity contribution in [2.45, 2.75) is 20.4 Å². The number of halogens is 1. The lowest BCUT2D eigenvalue weighted by atomic mass is 10.2. The third kappa shape index (κ3) is 5.03. The average molecular weight is 357 g/mol. The van der Waals surface area contributed by atoms with Crippen molar-refractivity contribution in [3.05, 3.63) is 64.2 Å². The van der Waals surface area contributed by atoms with E-state index in [-0.39, 0.29) is 17.9 Å².